The standard InChI is InChI=1S/C17H22N4O2S/c18-13-3-4-14(19-11-13)10-17(22)20-12-15(16-2-1-9-24-16)21-5-7-23-8-6-21/h1-4,9,11,15H,5-8,10,12,18H2,(H,20,22). The normalized spacial score (nSPS) is 16.7. The van der Waals surface area contributed by atoms with Gasteiger partial charge in [0.25, 0.3) is 0 Å². The van der Waals surface area contributed by atoms with Crippen LogP contribution in [0.1, 0.15) is 16.6 Å². The van der Waals surface area contributed by atoms with E-state index in [0.717, 1.165) is 32.0 Å². The van der Waals surface area contributed by atoms with Gasteiger partial charge in [0.2, 0.25) is 5.91 Å². The lowest BCUT2D eigenvalue weighted by atomic mass is 10.1. The van der Waals surface area contributed by atoms with Crippen molar-refractivity contribution in [1.29, 1.82) is 0 Å². The maximum Gasteiger partial charge on any atom is 0.226 e. The van der Waals surface area contributed by atoms with E-state index in [2.05, 4.69) is 26.6 Å². The number of hydrogen-bond acceptors (Lipinski definition) is 6. The molecule has 0 bridgehead atoms. The van der Waals surface area contributed by atoms with Crippen molar-refractivity contribution in [3.63, 3.8) is 0 Å². The van der Waals surface area contributed by atoms with E-state index in [-0.39, 0.29) is 18.4 Å². The number of nitrogens with zero attached hydrogens (tertiary/aromatic N) is 2. The lowest BCUT2D eigenvalue weighted by Gasteiger charge is -2.34. The molecule has 24 heavy (non-hydrogen) atoms. The fourth-order valence-corrected chi connectivity index (χ4v) is 3.62. The minimum absolute atomic E-state index is 0.0258. The van der Waals surface area contributed by atoms with E-state index in [1.54, 1.807) is 29.7 Å². The Bertz CT molecular complexity index is 639. The average molecular weight is 346 g/mol. The zero-order chi connectivity index (χ0) is 16.8. The number of carbonyl (C=O) groups is 1. The predicted octanol–water partition coefficient (Wildman–Crippen LogP) is 1.46. The maximum absolute atomic E-state index is 12.2. The highest BCUT2D eigenvalue weighted by Gasteiger charge is 2.23. The molecule has 0 radical (unpaired) electrons. The Kier molecular flexibility index (Phi) is 5.79. The summed E-state index contributed by atoms with van der Waals surface area (Å²) in [5, 5.41) is 5.12. The van der Waals surface area contributed by atoms with E-state index in [1.165, 1.54) is 4.88 Å². The summed E-state index contributed by atoms with van der Waals surface area (Å²) in [7, 11) is 0. The van der Waals surface area contributed by atoms with Crippen molar-refractivity contribution in [1.82, 2.24) is 15.2 Å². The molecule has 1 saturated heterocycles. The fraction of sp³-hybridized carbons (Fsp3) is 0.412. The Balaban J connectivity index is 1.58. The van der Waals surface area contributed by atoms with Crippen molar-refractivity contribution in [3.05, 3.63) is 46.4 Å². The number of morpholine rings is 1. The van der Waals surface area contributed by atoms with Crippen LogP contribution in [-0.4, -0.2) is 48.6 Å². The van der Waals surface area contributed by atoms with Gasteiger partial charge in [-0.15, -0.1) is 11.3 Å². The number of pyridine rings is 1. The molecule has 1 atom stereocenters. The lowest BCUT2D eigenvalue weighted by molar-refractivity contribution is -0.120. The molecule has 1 fully saturated rings. The smallest absolute Gasteiger partial charge is 0.226 e. The summed E-state index contributed by atoms with van der Waals surface area (Å²) < 4.78 is 5.44. The highest BCUT2D eigenvalue weighted by molar-refractivity contribution is 7.10. The molecule has 0 aromatic carbocycles. The molecule has 3 rings (SSSR count). The molecular weight excluding hydrogens is 324 g/mol. The molecule has 1 aliphatic heterocycles. The van der Waals surface area contributed by atoms with Crippen LogP contribution in [0.2, 0.25) is 0 Å². The summed E-state index contributed by atoms with van der Waals surface area (Å²) >= 11 is 1.72. The van der Waals surface area contributed by atoms with E-state index in [9.17, 15) is 4.79 Å². The number of nitrogen functional groups attached to an aromatic ring is 1. The molecule has 128 valence electrons. The summed E-state index contributed by atoms with van der Waals surface area (Å²) in [6.45, 7) is 3.85. The van der Waals surface area contributed by atoms with E-state index in [0.29, 0.717) is 12.2 Å². The van der Waals surface area contributed by atoms with E-state index in [4.69, 9.17) is 10.5 Å². The Hall–Kier alpha value is -1.96. The highest BCUT2D eigenvalue weighted by Crippen LogP contribution is 2.25. The Morgan fingerprint density at radius 2 is 2.21 bits per heavy atom. The molecular formula is C17H22N4O2S. The number of ether oxygens (including phenoxy) is 1. The van der Waals surface area contributed by atoms with Gasteiger partial charge in [-0.05, 0) is 23.6 Å². The minimum atomic E-state index is -0.0258. The lowest BCUT2D eigenvalue weighted by Crippen LogP contribution is -2.43. The van der Waals surface area contributed by atoms with Crippen molar-refractivity contribution in [2.75, 3.05) is 38.6 Å². The fourth-order valence-electron chi connectivity index (χ4n) is 2.76. The second-order valence-corrected chi connectivity index (χ2v) is 6.72. The van der Waals surface area contributed by atoms with Gasteiger partial charge < -0.3 is 15.8 Å². The van der Waals surface area contributed by atoms with Gasteiger partial charge >= 0.3 is 0 Å². The van der Waals surface area contributed by atoms with Crippen LogP contribution in [0.15, 0.2) is 35.8 Å². The summed E-state index contributed by atoms with van der Waals surface area (Å²) in [4.78, 5) is 20.0. The number of thiophene rings is 1. The Labute approximate surface area is 145 Å². The van der Waals surface area contributed by atoms with Crippen LogP contribution in [-0.2, 0) is 16.0 Å². The number of anilines is 1. The third-order valence-corrected chi connectivity index (χ3v) is 5.01. The van der Waals surface area contributed by atoms with Gasteiger partial charge in [-0.3, -0.25) is 14.7 Å². The van der Waals surface area contributed by atoms with Crippen LogP contribution in [0, 0.1) is 0 Å². The molecule has 3 N–H and O–H groups in total. The van der Waals surface area contributed by atoms with Crippen molar-refractivity contribution in [3.8, 4) is 0 Å². The first-order chi connectivity index (χ1) is 11.7. The van der Waals surface area contributed by atoms with E-state index < -0.39 is 0 Å². The topological polar surface area (TPSA) is 80.5 Å². The first kappa shape index (κ1) is 16.9. The zero-order valence-electron chi connectivity index (χ0n) is 13.5. The van der Waals surface area contributed by atoms with Crippen LogP contribution in [0.3, 0.4) is 0 Å². The monoisotopic (exact) mass is 346 g/mol. The molecule has 1 aliphatic rings. The largest absolute Gasteiger partial charge is 0.397 e. The minimum Gasteiger partial charge on any atom is -0.397 e. The zero-order valence-corrected chi connectivity index (χ0v) is 14.3. The van der Waals surface area contributed by atoms with Crippen LogP contribution in [0.5, 0.6) is 0 Å². The van der Waals surface area contributed by atoms with Crippen LogP contribution >= 0.6 is 11.3 Å². The molecule has 2 aromatic rings. The first-order valence-electron chi connectivity index (χ1n) is 8.04. The van der Waals surface area contributed by atoms with Crippen LogP contribution < -0.4 is 11.1 Å². The number of rotatable bonds is 6. The molecule has 2 aromatic heterocycles. The van der Waals surface area contributed by atoms with E-state index in [1.807, 2.05) is 6.07 Å². The number of nitrogens with one attached hydrogen (secondary N) is 1. The number of nitrogens with two attached hydrogens (primary N) is 1. The molecule has 1 amide bonds. The van der Waals surface area contributed by atoms with E-state index >= 15 is 0 Å². The highest BCUT2D eigenvalue weighted by atomic mass is 32.1. The van der Waals surface area contributed by atoms with Crippen molar-refractivity contribution >= 4 is 22.9 Å². The van der Waals surface area contributed by atoms with Crippen molar-refractivity contribution < 1.29 is 9.53 Å². The van der Waals surface area contributed by atoms with Crippen molar-refractivity contribution in [2.45, 2.75) is 12.5 Å². The summed E-state index contributed by atoms with van der Waals surface area (Å²) in [6, 6.07) is 7.91. The maximum atomic E-state index is 12.2. The molecule has 1 unspecified atom stereocenters. The van der Waals surface area contributed by atoms with Gasteiger partial charge in [-0.25, -0.2) is 0 Å². The second kappa shape index (κ2) is 8.23. The van der Waals surface area contributed by atoms with Gasteiger partial charge in [0.15, 0.2) is 0 Å². The number of hydrogen-bond donors (Lipinski definition) is 2. The first-order valence-corrected chi connectivity index (χ1v) is 8.92. The molecule has 6 nitrogen and oxygen atoms in total. The van der Waals surface area contributed by atoms with Gasteiger partial charge in [0, 0.05) is 30.2 Å². The molecule has 0 saturated carbocycles. The van der Waals surface area contributed by atoms with Gasteiger partial charge in [0.1, 0.15) is 0 Å². The Morgan fingerprint density at radius 1 is 1.38 bits per heavy atom. The Morgan fingerprint density at radius 3 is 2.88 bits per heavy atom. The predicted molar refractivity (Wildman–Crippen MR) is 94.8 cm³/mol. The summed E-state index contributed by atoms with van der Waals surface area (Å²) in [6.07, 6.45) is 1.84. The van der Waals surface area contributed by atoms with Gasteiger partial charge in [-0.2, -0.15) is 0 Å². The summed E-state index contributed by atoms with van der Waals surface area (Å²) in [5.74, 6) is -0.0258. The number of aromatic nitrogens is 1. The van der Waals surface area contributed by atoms with Crippen LogP contribution in [0.4, 0.5) is 5.69 Å². The third-order valence-electron chi connectivity index (χ3n) is 4.04. The number of carbonyl (C=O) groups excluding carboxylic acids is 1. The van der Waals surface area contributed by atoms with Gasteiger partial charge in [-0.1, -0.05) is 6.07 Å². The average Bonchev–Trinajstić information content (AvgIpc) is 3.12. The number of amides is 1. The van der Waals surface area contributed by atoms with Crippen molar-refractivity contribution in [2.24, 2.45) is 0 Å². The quantitative estimate of drug-likeness (QED) is 0.828. The molecule has 0 aliphatic carbocycles. The molecule has 3 heterocycles. The van der Waals surface area contributed by atoms with Crippen LogP contribution in [0.25, 0.3) is 0 Å². The molecule has 7 heteroatoms. The summed E-state index contributed by atoms with van der Waals surface area (Å²) in [5.41, 5.74) is 6.94. The SMILES string of the molecule is Nc1ccc(CC(=O)NCC(c2cccs2)N2CCOCC2)nc1. The second-order valence-electron chi connectivity index (χ2n) is 5.74. The third kappa shape index (κ3) is 4.53. The molecule has 0 spiro atoms. The van der Waals surface area contributed by atoms with Gasteiger partial charge in [0.05, 0.1) is 37.6 Å².